The number of rotatable bonds is 5. The molecule has 1 heteroatoms. The summed E-state index contributed by atoms with van der Waals surface area (Å²) in [5.74, 6) is 0. The van der Waals surface area contributed by atoms with E-state index >= 15 is 0 Å². The Hall–Kier alpha value is -0.820. The summed E-state index contributed by atoms with van der Waals surface area (Å²) in [5.41, 5.74) is 2.12. The Morgan fingerprint density at radius 3 is 2.36 bits per heavy atom. The third-order valence-corrected chi connectivity index (χ3v) is 2.88. The first-order chi connectivity index (χ1) is 6.74. The predicted octanol–water partition coefficient (Wildman–Crippen LogP) is 3.16. The first-order valence-electron chi connectivity index (χ1n) is 5.46. The van der Waals surface area contributed by atoms with E-state index in [9.17, 15) is 0 Å². The van der Waals surface area contributed by atoms with Crippen LogP contribution in [0.25, 0.3) is 0 Å². The number of hydrogen-bond donors (Lipinski definition) is 0. The molecule has 1 saturated heterocycles. The van der Waals surface area contributed by atoms with Gasteiger partial charge in [-0.25, -0.2) is 0 Å². The van der Waals surface area contributed by atoms with E-state index in [0.29, 0.717) is 0 Å². The molecule has 1 aliphatic heterocycles. The van der Waals surface area contributed by atoms with Gasteiger partial charge < -0.3 is 4.90 Å². The van der Waals surface area contributed by atoms with Crippen LogP contribution in [0.1, 0.15) is 25.7 Å². The van der Waals surface area contributed by atoms with Crippen molar-refractivity contribution >= 4 is 0 Å². The molecule has 0 aromatic heterocycles. The van der Waals surface area contributed by atoms with Crippen LogP contribution in [0.5, 0.6) is 0 Å². The Labute approximate surface area is 87.8 Å². The quantitative estimate of drug-likeness (QED) is 0.603. The van der Waals surface area contributed by atoms with Gasteiger partial charge in [0.25, 0.3) is 0 Å². The normalized spacial score (nSPS) is 17.7. The molecule has 0 atom stereocenters. The van der Waals surface area contributed by atoms with Crippen LogP contribution in [0.15, 0.2) is 37.0 Å². The molecule has 14 heavy (non-hydrogen) atoms. The molecule has 0 unspecified atom stereocenters. The zero-order valence-electron chi connectivity index (χ0n) is 9.10. The fraction of sp³-hybridized carbons (Fsp3) is 0.538. The number of likely N-dealkylation sites (tertiary alicyclic amines) is 1. The van der Waals surface area contributed by atoms with Crippen LogP contribution in [-0.2, 0) is 0 Å². The van der Waals surface area contributed by atoms with E-state index in [1.54, 1.807) is 6.08 Å². The van der Waals surface area contributed by atoms with Gasteiger partial charge in [-0.15, -0.1) is 0 Å². The van der Waals surface area contributed by atoms with Crippen molar-refractivity contribution in [3.8, 4) is 0 Å². The van der Waals surface area contributed by atoms with E-state index in [-0.39, 0.29) is 0 Å². The minimum atomic E-state index is 0.988. The molecule has 0 spiro atoms. The molecule has 0 saturated carbocycles. The van der Waals surface area contributed by atoms with Gasteiger partial charge >= 0.3 is 0 Å². The molecule has 0 aliphatic carbocycles. The Morgan fingerprint density at radius 2 is 1.79 bits per heavy atom. The molecule has 0 aromatic rings. The highest BCUT2D eigenvalue weighted by atomic mass is 15.1. The largest absolute Gasteiger partial charge is 0.303 e. The van der Waals surface area contributed by atoms with E-state index in [1.807, 2.05) is 0 Å². The lowest BCUT2D eigenvalue weighted by molar-refractivity contribution is 0.232. The van der Waals surface area contributed by atoms with Gasteiger partial charge in [0.15, 0.2) is 0 Å². The molecular formula is C13H21N. The van der Waals surface area contributed by atoms with Crippen LogP contribution in [0.4, 0.5) is 0 Å². The van der Waals surface area contributed by atoms with Crippen molar-refractivity contribution in [1.82, 2.24) is 4.90 Å². The standard InChI is InChI=1S/C13H21N/c1-4-12(2)13(3)8-11-14-9-6-5-7-10-14/h4H,1-3,5-11H2. The summed E-state index contributed by atoms with van der Waals surface area (Å²) in [6.07, 6.45) is 6.93. The van der Waals surface area contributed by atoms with Gasteiger partial charge in [0.1, 0.15) is 0 Å². The van der Waals surface area contributed by atoms with E-state index in [0.717, 1.165) is 24.1 Å². The van der Waals surface area contributed by atoms with E-state index in [4.69, 9.17) is 0 Å². The summed E-state index contributed by atoms with van der Waals surface area (Å²) in [6.45, 7) is 15.3. The number of piperidine rings is 1. The van der Waals surface area contributed by atoms with Crippen molar-refractivity contribution in [3.63, 3.8) is 0 Å². The van der Waals surface area contributed by atoms with Crippen molar-refractivity contribution in [2.45, 2.75) is 25.7 Å². The van der Waals surface area contributed by atoms with Crippen molar-refractivity contribution in [2.24, 2.45) is 0 Å². The average molecular weight is 191 g/mol. The number of allylic oxidation sites excluding steroid dienone is 2. The van der Waals surface area contributed by atoms with E-state index in [1.165, 1.54) is 32.4 Å². The lowest BCUT2D eigenvalue weighted by Gasteiger charge is -2.26. The fourth-order valence-electron chi connectivity index (χ4n) is 1.78. The maximum absolute atomic E-state index is 4.01. The van der Waals surface area contributed by atoms with Gasteiger partial charge in [0.2, 0.25) is 0 Å². The molecule has 1 rings (SSSR count). The van der Waals surface area contributed by atoms with Crippen molar-refractivity contribution in [2.75, 3.05) is 19.6 Å². The van der Waals surface area contributed by atoms with E-state index < -0.39 is 0 Å². The lowest BCUT2D eigenvalue weighted by Crippen LogP contribution is -2.30. The Morgan fingerprint density at radius 1 is 1.14 bits per heavy atom. The highest BCUT2D eigenvalue weighted by Crippen LogP contribution is 2.14. The Bertz CT molecular complexity index is 221. The van der Waals surface area contributed by atoms with Gasteiger partial charge in [-0.3, -0.25) is 0 Å². The molecule has 0 amide bonds. The molecule has 1 aliphatic rings. The summed E-state index contributed by atoms with van der Waals surface area (Å²) in [6, 6.07) is 0. The molecule has 78 valence electrons. The van der Waals surface area contributed by atoms with Crippen LogP contribution >= 0.6 is 0 Å². The topological polar surface area (TPSA) is 3.24 Å². The molecular weight excluding hydrogens is 170 g/mol. The minimum absolute atomic E-state index is 0.988. The summed E-state index contributed by atoms with van der Waals surface area (Å²) in [4.78, 5) is 2.52. The zero-order chi connectivity index (χ0) is 10.4. The average Bonchev–Trinajstić information content (AvgIpc) is 2.26. The number of hydrogen-bond acceptors (Lipinski definition) is 1. The lowest BCUT2D eigenvalue weighted by atomic mass is 10.1. The van der Waals surface area contributed by atoms with Crippen LogP contribution in [0.2, 0.25) is 0 Å². The van der Waals surface area contributed by atoms with Gasteiger partial charge in [0, 0.05) is 6.54 Å². The third-order valence-electron chi connectivity index (χ3n) is 2.88. The smallest absolute Gasteiger partial charge is 0.00218 e. The Kier molecular flexibility index (Phi) is 4.68. The van der Waals surface area contributed by atoms with Crippen molar-refractivity contribution in [3.05, 3.63) is 37.0 Å². The molecule has 1 heterocycles. The first-order valence-corrected chi connectivity index (χ1v) is 5.46. The predicted molar refractivity (Wildman–Crippen MR) is 63.4 cm³/mol. The summed E-state index contributed by atoms with van der Waals surface area (Å²) >= 11 is 0. The highest BCUT2D eigenvalue weighted by molar-refractivity contribution is 5.33. The fourth-order valence-corrected chi connectivity index (χ4v) is 1.78. The van der Waals surface area contributed by atoms with Gasteiger partial charge in [-0.1, -0.05) is 32.2 Å². The minimum Gasteiger partial charge on any atom is -0.303 e. The second-order valence-corrected chi connectivity index (χ2v) is 3.99. The molecule has 1 fully saturated rings. The van der Waals surface area contributed by atoms with E-state index in [2.05, 4.69) is 24.6 Å². The molecule has 0 bridgehead atoms. The molecule has 0 N–H and O–H groups in total. The highest BCUT2D eigenvalue weighted by Gasteiger charge is 2.09. The van der Waals surface area contributed by atoms with Crippen molar-refractivity contribution < 1.29 is 0 Å². The maximum atomic E-state index is 4.01. The first kappa shape index (κ1) is 11.3. The second-order valence-electron chi connectivity index (χ2n) is 3.99. The molecule has 0 aromatic carbocycles. The molecule has 1 nitrogen and oxygen atoms in total. The monoisotopic (exact) mass is 191 g/mol. The van der Waals surface area contributed by atoms with Gasteiger partial charge in [-0.05, 0) is 43.5 Å². The zero-order valence-corrected chi connectivity index (χ0v) is 9.10. The SMILES string of the molecule is C=CC(=C)C(=C)CCN1CCCCC1. The van der Waals surface area contributed by atoms with Crippen LogP contribution < -0.4 is 0 Å². The van der Waals surface area contributed by atoms with Crippen LogP contribution in [0.3, 0.4) is 0 Å². The second kappa shape index (κ2) is 5.82. The van der Waals surface area contributed by atoms with Crippen LogP contribution in [-0.4, -0.2) is 24.5 Å². The number of nitrogens with zero attached hydrogens (tertiary/aromatic N) is 1. The van der Waals surface area contributed by atoms with Crippen LogP contribution in [0, 0.1) is 0 Å². The third kappa shape index (κ3) is 3.51. The molecule has 0 radical (unpaired) electrons. The summed E-state index contributed by atoms with van der Waals surface area (Å²) in [7, 11) is 0. The van der Waals surface area contributed by atoms with Crippen molar-refractivity contribution in [1.29, 1.82) is 0 Å². The van der Waals surface area contributed by atoms with Gasteiger partial charge in [-0.2, -0.15) is 0 Å². The Balaban J connectivity index is 2.21. The maximum Gasteiger partial charge on any atom is 0.00218 e. The van der Waals surface area contributed by atoms with Gasteiger partial charge in [0.05, 0.1) is 0 Å². The summed E-state index contributed by atoms with van der Waals surface area (Å²) in [5, 5.41) is 0. The summed E-state index contributed by atoms with van der Waals surface area (Å²) < 4.78 is 0.